The number of methoxy groups -OCH3 is 2. The fourth-order valence-corrected chi connectivity index (χ4v) is 6.76. The molecule has 0 bridgehead atoms. The summed E-state index contributed by atoms with van der Waals surface area (Å²) in [4.78, 5) is 40.5. The predicted octanol–water partition coefficient (Wildman–Crippen LogP) is 4.89. The number of primary amides is 1. The van der Waals surface area contributed by atoms with Gasteiger partial charge in [-0.05, 0) is 74.2 Å². The standard InChI is InChI=1S/C32H36F2N4O8S/c1-17(2)47(43,44)28-11-9-19(37(3)32(41)42)14-21(28)25-7-6-12-38(25)31(40)29(18-8-10-26(45-4)27(13-18)46-5)36-24-15-20(30(35)39)22(33)16-23(24)34/h8-11,13-17,25,29,36H,6-7,12H2,1-5H3,(H2,35,39)(H,41,42)/t25-,29+/m1/s1. The van der Waals surface area contributed by atoms with Crippen molar-refractivity contribution in [2.24, 2.45) is 5.73 Å². The Bertz CT molecular complexity index is 1820. The van der Waals surface area contributed by atoms with E-state index in [-0.39, 0.29) is 34.0 Å². The van der Waals surface area contributed by atoms with Gasteiger partial charge in [0.05, 0.1) is 41.7 Å². The minimum Gasteiger partial charge on any atom is -0.493 e. The third-order valence-electron chi connectivity index (χ3n) is 8.10. The molecule has 4 N–H and O–H groups in total. The van der Waals surface area contributed by atoms with Crippen molar-refractivity contribution in [3.05, 3.63) is 76.9 Å². The Morgan fingerprint density at radius 3 is 2.30 bits per heavy atom. The quantitative estimate of drug-likeness (QED) is 0.256. The molecule has 252 valence electrons. The van der Waals surface area contributed by atoms with Gasteiger partial charge in [0.25, 0.3) is 5.91 Å². The van der Waals surface area contributed by atoms with Crippen molar-refractivity contribution in [3.8, 4) is 11.5 Å². The van der Waals surface area contributed by atoms with E-state index in [0.29, 0.717) is 24.7 Å². The number of rotatable bonds is 11. The summed E-state index contributed by atoms with van der Waals surface area (Å²) in [5.41, 5.74) is 4.99. The molecule has 3 amide bonds. The Morgan fingerprint density at radius 2 is 1.70 bits per heavy atom. The maximum absolute atomic E-state index is 15.1. The number of benzene rings is 3. The number of halogens is 2. The molecule has 0 aliphatic carbocycles. The second kappa shape index (κ2) is 13.8. The van der Waals surface area contributed by atoms with Gasteiger partial charge >= 0.3 is 6.09 Å². The van der Waals surface area contributed by atoms with E-state index < -0.39 is 68.0 Å². The Labute approximate surface area is 271 Å². The largest absolute Gasteiger partial charge is 0.493 e. The van der Waals surface area contributed by atoms with Gasteiger partial charge in [0.2, 0.25) is 5.91 Å². The van der Waals surface area contributed by atoms with Crippen LogP contribution in [0.2, 0.25) is 0 Å². The normalized spacial score (nSPS) is 15.3. The van der Waals surface area contributed by atoms with Crippen LogP contribution in [-0.4, -0.2) is 69.4 Å². The average molecular weight is 675 g/mol. The van der Waals surface area contributed by atoms with E-state index in [2.05, 4.69) is 5.32 Å². The van der Waals surface area contributed by atoms with Crippen molar-refractivity contribution in [1.29, 1.82) is 0 Å². The highest BCUT2D eigenvalue weighted by molar-refractivity contribution is 7.92. The summed E-state index contributed by atoms with van der Waals surface area (Å²) in [7, 11) is 0.224. The molecule has 12 nitrogen and oxygen atoms in total. The van der Waals surface area contributed by atoms with Crippen LogP contribution in [0.5, 0.6) is 11.5 Å². The smallest absolute Gasteiger partial charge is 0.411 e. The molecule has 0 spiro atoms. The van der Waals surface area contributed by atoms with Crippen LogP contribution in [-0.2, 0) is 14.6 Å². The summed E-state index contributed by atoms with van der Waals surface area (Å²) < 4.78 is 67.2. The summed E-state index contributed by atoms with van der Waals surface area (Å²) in [6, 6.07) is 7.88. The number of ether oxygens (including phenoxy) is 2. The summed E-state index contributed by atoms with van der Waals surface area (Å²) >= 11 is 0. The lowest BCUT2D eigenvalue weighted by Crippen LogP contribution is -2.38. The number of anilines is 2. The van der Waals surface area contributed by atoms with E-state index >= 15 is 4.39 Å². The summed E-state index contributed by atoms with van der Waals surface area (Å²) in [6.07, 6.45) is -0.474. The molecular formula is C32H36F2N4O8S. The van der Waals surface area contributed by atoms with E-state index in [1.54, 1.807) is 0 Å². The number of likely N-dealkylation sites (tertiary alicyclic amines) is 1. The Hall–Kier alpha value is -4.92. The molecule has 0 unspecified atom stereocenters. The molecule has 47 heavy (non-hydrogen) atoms. The first kappa shape index (κ1) is 34.9. The minimum absolute atomic E-state index is 0.0500. The summed E-state index contributed by atoms with van der Waals surface area (Å²) in [5.74, 6) is -3.46. The zero-order chi connectivity index (χ0) is 34.8. The van der Waals surface area contributed by atoms with Crippen LogP contribution >= 0.6 is 0 Å². The molecule has 3 aromatic carbocycles. The van der Waals surface area contributed by atoms with E-state index in [0.717, 1.165) is 11.0 Å². The van der Waals surface area contributed by atoms with E-state index in [1.165, 1.54) is 76.4 Å². The molecular weight excluding hydrogens is 638 g/mol. The topological polar surface area (TPSA) is 169 Å². The number of hydrogen-bond acceptors (Lipinski definition) is 8. The monoisotopic (exact) mass is 674 g/mol. The number of nitrogens with two attached hydrogens (primary N) is 1. The van der Waals surface area contributed by atoms with Gasteiger partial charge in [0.15, 0.2) is 21.3 Å². The molecule has 4 rings (SSSR count). The van der Waals surface area contributed by atoms with Gasteiger partial charge in [0, 0.05) is 25.3 Å². The minimum atomic E-state index is -3.90. The van der Waals surface area contributed by atoms with Crippen LogP contribution in [0.15, 0.2) is 53.4 Å². The number of sulfone groups is 1. The highest BCUT2D eigenvalue weighted by Crippen LogP contribution is 2.41. The molecule has 1 aliphatic heterocycles. The molecule has 1 fully saturated rings. The average Bonchev–Trinajstić information content (AvgIpc) is 3.53. The van der Waals surface area contributed by atoms with Crippen LogP contribution in [0, 0.1) is 11.6 Å². The second-order valence-corrected chi connectivity index (χ2v) is 13.7. The predicted molar refractivity (Wildman–Crippen MR) is 170 cm³/mol. The number of hydrogen-bond donors (Lipinski definition) is 3. The first-order valence-corrected chi connectivity index (χ1v) is 16.1. The molecule has 0 aromatic heterocycles. The van der Waals surface area contributed by atoms with Crippen molar-refractivity contribution in [2.45, 2.75) is 48.9 Å². The van der Waals surface area contributed by atoms with E-state index in [4.69, 9.17) is 15.2 Å². The first-order valence-electron chi connectivity index (χ1n) is 14.5. The molecule has 3 aromatic rings. The zero-order valence-corrected chi connectivity index (χ0v) is 27.2. The van der Waals surface area contributed by atoms with Gasteiger partial charge in [0.1, 0.15) is 17.7 Å². The van der Waals surface area contributed by atoms with Gasteiger partial charge in [-0.3, -0.25) is 14.5 Å². The lowest BCUT2D eigenvalue weighted by Gasteiger charge is -2.32. The number of amides is 3. The maximum atomic E-state index is 15.1. The van der Waals surface area contributed by atoms with Gasteiger partial charge in [-0.2, -0.15) is 0 Å². The summed E-state index contributed by atoms with van der Waals surface area (Å²) in [6.45, 7) is 3.21. The second-order valence-electron chi connectivity index (χ2n) is 11.2. The van der Waals surface area contributed by atoms with Crippen LogP contribution in [0.25, 0.3) is 0 Å². The Kier molecular flexibility index (Phi) is 10.3. The lowest BCUT2D eigenvalue weighted by atomic mass is 10.00. The molecule has 0 radical (unpaired) electrons. The first-order chi connectivity index (χ1) is 22.1. The SMILES string of the molecule is COc1ccc([C@H](Nc2cc(C(N)=O)c(F)cc2F)C(=O)N2CCC[C@@H]2c2cc(N(C)C(=O)O)ccc2S(=O)(=O)C(C)C)cc1OC. The molecule has 2 atom stereocenters. The van der Waals surface area contributed by atoms with Crippen LogP contribution in [0.4, 0.5) is 25.0 Å². The molecule has 1 saturated heterocycles. The van der Waals surface area contributed by atoms with E-state index in [9.17, 15) is 32.3 Å². The summed E-state index contributed by atoms with van der Waals surface area (Å²) in [5, 5.41) is 11.6. The van der Waals surface area contributed by atoms with Gasteiger partial charge in [-0.25, -0.2) is 22.0 Å². The Balaban J connectivity index is 1.88. The van der Waals surface area contributed by atoms with Crippen LogP contribution in [0.1, 0.15) is 60.3 Å². The highest BCUT2D eigenvalue weighted by atomic mass is 32.2. The highest BCUT2D eigenvalue weighted by Gasteiger charge is 2.39. The Morgan fingerprint density at radius 1 is 1.02 bits per heavy atom. The van der Waals surface area contributed by atoms with Crippen molar-refractivity contribution < 1.29 is 46.2 Å². The fraction of sp³-hybridized carbons (Fsp3) is 0.344. The zero-order valence-electron chi connectivity index (χ0n) is 26.4. The molecule has 15 heteroatoms. The molecule has 0 saturated carbocycles. The van der Waals surface area contributed by atoms with Crippen LogP contribution < -0.4 is 25.4 Å². The van der Waals surface area contributed by atoms with Crippen molar-refractivity contribution >= 4 is 39.1 Å². The number of carboxylic acid groups (broad SMARTS) is 1. The van der Waals surface area contributed by atoms with Crippen LogP contribution in [0.3, 0.4) is 0 Å². The number of nitrogens with one attached hydrogen (secondary N) is 1. The van der Waals surface area contributed by atoms with Gasteiger partial charge in [-0.15, -0.1) is 0 Å². The van der Waals surface area contributed by atoms with Crippen molar-refractivity contribution in [1.82, 2.24) is 4.90 Å². The lowest BCUT2D eigenvalue weighted by molar-refractivity contribution is -0.133. The molecule has 1 aliphatic rings. The van der Waals surface area contributed by atoms with Crippen molar-refractivity contribution in [3.63, 3.8) is 0 Å². The molecule has 1 heterocycles. The number of nitrogens with zero attached hydrogens (tertiary/aromatic N) is 2. The fourth-order valence-electron chi connectivity index (χ4n) is 5.47. The number of carbonyl (C=O) groups excluding carboxylic acids is 2. The van der Waals surface area contributed by atoms with Crippen molar-refractivity contribution in [2.75, 3.05) is 38.0 Å². The number of carbonyl (C=O) groups is 3. The van der Waals surface area contributed by atoms with Gasteiger partial charge in [-0.1, -0.05) is 6.07 Å². The third-order valence-corrected chi connectivity index (χ3v) is 10.3. The van der Waals surface area contributed by atoms with E-state index in [1.807, 2.05) is 0 Å². The third kappa shape index (κ3) is 6.94. The maximum Gasteiger partial charge on any atom is 0.411 e. The van der Waals surface area contributed by atoms with Gasteiger partial charge < -0.3 is 30.5 Å².